The monoisotopic (exact) mass is 295 g/mol. The maximum absolute atomic E-state index is 4.87. The van der Waals surface area contributed by atoms with Crippen LogP contribution in [0.3, 0.4) is 0 Å². The second-order valence-electron chi connectivity index (χ2n) is 6.35. The number of hydrogen-bond acceptors (Lipinski definition) is 1. The van der Waals surface area contributed by atoms with E-state index in [2.05, 4.69) is 84.9 Å². The summed E-state index contributed by atoms with van der Waals surface area (Å²) in [5.74, 6) is 0.478. The van der Waals surface area contributed by atoms with Gasteiger partial charge in [0.15, 0.2) is 0 Å². The summed E-state index contributed by atoms with van der Waals surface area (Å²) < 4.78 is 0. The molecule has 1 heteroatoms. The van der Waals surface area contributed by atoms with Crippen molar-refractivity contribution in [3.63, 3.8) is 0 Å². The molecule has 3 aromatic rings. The third kappa shape index (κ3) is 1.54. The molecule has 0 amide bonds. The molecule has 1 nitrogen and oxygen atoms in total. The molecule has 1 aliphatic carbocycles. The third-order valence-electron chi connectivity index (χ3n) is 5.31. The SMILES string of the molecule is c1ccc(C2(c3ccccc3)C3=NCC3c3ccccc32)cc1. The minimum atomic E-state index is -0.220. The largest absolute Gasteiger partial charge is 0.291 e. The third-order valence-corrected chi connectivity index (χ3v) is 5.31. The number of hydrogen-bond donors (Lipinski definition) is 0. The van der Waals surface area contributed by atoms with Gasteiger partial charge in [0.2, 0.25) is 0 Å². The van der Waals surface area contributed by atoms with Gasteiger partial charge in [-0.2, -0.15) is 0 Å². The molecular weight excluding hydrogens is 278 g/mol. The van der Waals surface area contributed by atoms with E-state index in [9.17, 15) is 0 Å². The maximum atomic E-state index is 4.87. The molecule has 3 aromatic carbocycles. The van der Waals surface area contributed by atoms with Crippen LogP contribution >= 0.6 is 0 Å². The van der Waals surface area contributed by atoms with Crippen molar-refractivity contribution in [1.29, 1.82) is 0 Å². The summed E-state index contributed by atoms with van der Waals surface area (Å²) in [4.78, 5) is 4.87. The van der Waals surface area contributed by atoms with Crippen LogP contribution in [-0.4, -0.2) is 12.3 Å². The Morgan fingerprint density at radius 3 is 1.83 bits per heavy atom. The van der Waals surface area contributed by atoms with E-state index in [-0.39, 0.29) is 5.41 Å². The lowest BCUT2D eigenvalue weighted by Crippen LogP contribution is -2.40. The van der Waals surface area contributed by atoms with Gasteiger partial charge in [-0.1, -0.05) is 84.9 Å². The molecule has 0 saturated heterocycles. The van der Waals surface area contributed by atoms with Gasteiger partial charge in [0.1, 0.15) is 0 Å². The van der Waals surface area contributed by atoms with Crippen molar-refractivity contribution in [2.24, 2.45) is 4.99 Å². The fraction of sp³-hybridized carbons (Fsp3) is 0.136. The molecule has 23 heavy (non-hydrogen) atoms. The van der Waals surface area contributed by atoms with Crippen LogP contribution in [0.1, 0.15) is 28.2 Å². The molecule has 0 fully saturated rings. The summed E-state index contributed by atoms with van der Waals surface area (Å²) in [7, 11) is 0. The van der Waals surface area contributed by atoms with Crippen molar-refractivity contribution in [3.05, 3.63) is 107 Å². The van der Waals surface area contributed by atoms with Gasteiger partial charge in [0.25, 0.3) is 0 Å². The van der Waals surface area contributed by atoms with Crippen LogP contribution in [0.2, 0.25) is 0 Å². The maximum Gasteiger partial charge on any atom is 0.0840 e. The first-order valence-electron chi connectivity index (χ1n) is 8.17. The van der Waals surface area contributed by atoms with Crippen molar-refractivity contribution < 1.29 is 0 Å². The van der Waals surface area contributed by atoms with Gasteiger partial charge in [-0.25, -0.2) is 0 Å². The number of fused-ring (bicyclic) bond motifs is 3. The Kier molecular flexibility index (Phi) is 2.60. The highest BCUT2D eigenvalue weighted by Gasteiger charge is 2.54. The standard InChI is InChI=1S/C22H17N/c1-3-9-16(10-4-1)22(17-11-5-2-6-12-17)20-14-8-7-13-18(20)19-15-23-21(19)22/h1-14,19H,15H2. The minimum Gasteiger partial charge on any atom is -0.291 e. The first kappa shape index (κ1) is 12.8. The van der Waals surface area contributed by atoms with Crippen LogP contribution in [0.5, 0.6) is 0 Å². The molecule has 1 atom stereocenters. The Morgan fingerprint density at radius 2 is 1.26 bits per heavy atom. The van der Waals surface area contributed by atoms with E-state index in [4.69, 9.17) is 4.99 Å². The molecule has 1 unspecified atom stereocenters. The molecule has 0 N–H and O–H groups in total. The highest BCUT2D eigenvalue weighted by molar-refractivity contribution is 6.12. The van der Waals surface area contributed by atoms with E-state index in [0.29, 0.717) is 5.92 Å². The highest BCUT2D eigenvalue weighted by Crippen LogP contribution is 2.54. The summed E-state index contributed by atoms with van der Waals surface area (Å²) in [5.41, 5.74) is 6.58. The quantitative estimate of drug-likeness (QED) is 0.656. The Labute approximate surface area is 136 Å². The summed E-state index contributed by atoms with van der Waals surface area (Å²) in [6.45, 7) is 0.924. The molecule has 0 aromatic heterocycles. The first-order valence-corrected chi connectivity index (χ1v) is 8.17. The first-order chi connectivity index (χ1) is 11.4. The topological polar surface area (TPSA) is 12.4 Å². The number of rotatable bonds is 2. The fourth-order valence-electron chi connectivity index (χ4n) is 4.33. The van der Waals surface area contributed by atoms with Gasteiger partial charge in [-0.05, 0) is 22.3 Å². The molecule has 0 bridgehead atoms. The van der Waals surface area contributed by atoms with Gasteiger partial charge >= 0.3 is 0 Å². The predicted molar refractivity (Wildman–Crippen MR) is 94.3 cm³/mol. The van der Waals surface area contributed by atoms with Gasteiger partial charge < -0.3 is 0 Å². The van der Waals surface area contributed by atoms with Crippen LogP contribution in [0, 0.1) is 0 Å². The predicted octanol–water partition coefficient (Wildman–Crippen LogP) is 4.57. The Morgan fingerprint density at radius 1 is 0.696 bits per heavy atom. The van der Waals surface area contributed by atoms with E-state index < -0.39 is 0 Å². The van der Waals surface area contributed by atoms with Crippen molar-refractivity contribution in [2.45, 2.75) is 11.3 Å². The zero-order valence-corrected chi connectivity index (χ0v) is 12.8. The normalized spacial score (nSPS) is 20.2. The highest BCUT2D eigenvalue weighted by atomic mass is 14.9. The molecular formula is C22H17N. The molecule has 0 radical (unpaired) electrons. The minimum absolute atomic E-state index is 0.220. The number of nitrogens with zero attached hydrogens (tertiary/aromatic N) is 1. The number of aliphatic imine (C=N–C) groups is 1. The molecule has 0 saturated carbocycles. The zero-order valence-electron chi connectivity index (χ0n) is 12.8. The molecule has 1 heterocycles. The second-order valence-corrected chi connectivity index (χ2v) is 6.35. The van der Waals surface area contributed by atoms with E-state index in [1.54, 1.807) is 0 Å². The molecule has 5 rings (SSSR count). The molecule has 0 spiro atoms. The number of benzene rings is 3. The van der Waals surface area contributed by atoms with Crippen LogP contribution in [0.4, 0.5) is 0 Å². The second kappa shape index (κ2) is 4.66. The van der Waals surface area contributed by atoms with Crippen LogP contribution in [0.15, 0.2) is 89.9 Å². The van der Waals surface area contributed by atoms with Gasteiger partial charge in [-0.3, -0.25) is 4.99 Å². The Bertz CT molecular complexity index is 854. The van der Waals surface area contributed by atoms with Gasteiger partial charge in [0.05, 0.1) is 12.0 Å². The van der Waals surface area contributed by atoms with E-state index in [0.717, 1.165) is 6.54 Å². The summed E-state index contributed by atoms with van der Waals surface area (Å²) in [6, 6.07) is 30.6. The average Bonchev–Trinajstić information content (AvgIpc) is 2.80. The smallest absolute Gasteiger partial charge is 0.0840 e. The molecule has 1 aliphatic heterocycles. The van der Waals surface area contributed by atoms with Crippen molar-refractivity contribution >= 4 is 5.71 Å². The molecule has 110 valence electrons. The molecule has 2 aliphatic rings. The van der Waals surface area contributed by atoms with Crippen LogP contribution < -0.4 is 0 Å². The van der Waals surface area contributed by atoms with Crippen molar-refractivity contribution in [3.8, 4) is 0 Å². The van der Waals surface area contributed by atoms with Gasteiger partial charge in [-0.15, -0.1) is 0 Å². The fourth-order valence-corrected chi connectivity index (χ4v) is 4.33. The van der Waals surface area contributed by atoms with Crippen LogP contribution in [0.25, 0.3) is 0 Å². The summed E-state index contributed by atoms with van der Waals surface area (Å²) in [5, 5.41) is 0. The van der Waals surface area contributed by atoms with Crippen LogP contribution in [-0.2, 0) is 5.41 Å². The van der Waals surface area contributed by atoms with E-state index in [1.807, 2.05) is 0 Å². The average molecular weight is 295 g/mol. The summed E-state index contributed by atoms with van der Waals surface area (Å²) >= 11 is 0. The zero-order chi connectivity index (χ0) is 15.3. The lowest BCUT2D eigenvalue weighted by atomic mass is 9.67. The van der Waals surface area contributed by atoms with Crippen molar-refractivity contribution in [2.75, 3.05) is 6.54 Å². The summed E-state index contributed by atoms with van der Waals surface area (Å²) in [6.07, 6.45) is 0. The lowest BCUT2D eigenvalue weighted by Gasteiger charge is -2.36. The van der Waals surface area contributed by atoms with Gasteiger partial charge in [0, 0.05) is 11.6 Å². The van der Waals surface area contributed by atoms with E-state index >= 15 is 0 Å². The Hall–Kier alpha value is -2.67. The van der Waals surface area contributed by atoms with E-state index in [1.165, 1.54) is 28.0 Å². The Balaban J connectivity index is 1.91. The lowest BCUT2D eigenvalue weighted by molar-refractivity contribution is 0.760. The van der Waals surface area contributed by atoms with Crippen molar-refractivity contribution in [1.82, 2.24) is 0 Å².